The van der Waals surface area contributed by atoms with Gasteiger partial charge in [-0.05, 0) is 164 Å². The van der Waals surface area contributed by atoms with E-state index >= 15 is 0 Å². The second kappa shape index (κ2) is 18.1. The van der Waals surface area contributed by atoms with Gasteiger partial charge < -0.3 is 0 Å². The first-order valence-electron chi connectivity index (χ1n) is 9.97. The fraction of sp³-hybridized carbons (Fsp3) is 0.0667. The van der Waals surface area contributed by atoms with Crippen LogP contribution in [0.4, 0.5) is 0 Å². The Morgan fingerprint density at radius 2 is 1.18 bits per heavy atom. The van der Waals surface area contributed by atoms with Crippen LogP contribution in [0.15, 0.2) is 104 Å². The average Bonchev–Trinajstić information content (AvgIpc) is 2.85. The van der Waals surface area contributed by atoms with Gasteiger partial charge in [0, 0.05) is 18.3 Å². The highest BCUT2D eigenvalue weighted by atomic mass is 127. The van der Waals surface area contributed by atoms with E-state index in [0.717, 1.165) is 0 Å². The number of allylic oxidation sites excluding steroid dienone is 9. The monoisotopic (exact) mass is 890 g/mol. The van der Waals surface area contributed by atoms with Gasteiger partial charge in [-0.2, -0.15) is 0 Å². The Morgan fingerprint density at radius 3 is 1.50 bits per heavy atom. The van der Waals surface area contributed by atoms with Gasteiger partial charge in [0.15, 0.2) is 0 Å². The van der Waals surface area contributed by atoms with Gasteiger partial charge in [-0.3, -0.25) is 0 Å². The van der Waals surface area contributed by atoms with Crippen LogP contribution in [0, 0.1) is 44.2 Å². The van der Waals surface area contributed by atoms with Crippen molar-refractivity contribution in [2.45, 2.75) is 12.8 Å². The van der Waals surface area contributed by atoms with Crippen molar-refractivity contribution < 1.29 is 0 Å². The summed E-state index contributed by atoms with van der Waals surface area (Å²) in [7, 11) is 0. The van der Waals surface area contributed by atoms with Crippen LogP contribution in [0.2, 0.25) is 0 Å². The predicted molar refractivity (Wildman–Crippen MR) is 184 cm³/mol. The topological polar surface area (TPSA) is 0 Å². The zero-order chi connectivity index (χ0) is 25.3. The first-order valence-corrected chi connectivity index (χ1v) is 14.3. The third-order valence-electron chi connectivity index (χ3n) is 4.11. The van der Waals surface area contributed by atoms with Gasteiger partial charge >= 0.3 is 0 Å². The lowest BCUT2D eigenvalue weighted by Gasteiger charge is -2.02. The summed E-state index contributed by atoms with van der Waals surface area (Å²) in [6.45, 7) is 3.58. The third kappa shape index (κ3) is 13.6. The quantitative estimate of drug-likeness (QED) is 0.164. The molecule has 0 saturated carbocycles. The summed E-state index contributed by atoms with van der Waals surface area (Å²) in [4.78, 5) is 0. The Hall–Kier alpha value is -1.26. The molecule has 4 heteroatoms. The van der Waals surface area contributed by atoms with Gasteiger partial charge in [0.2, 0.25) is 0 Å². The van der Waals surface area contributed by atoms with E-state index in [1.807, 2.05) is 0 Å². The molecule has 0 fully saturated rings. The van der Waals surface area contributed by atoms with Gasteiger partial charge in [-0.1, -0.05) is 60.8 Å². The molecule has 0 bridgehead atoms. The fourth-order valence-electron chi connectivity index (χ4n) is 2.38. The van der Waals surface area contributed by atoms with Crippen molar-refractivity contribution in [3.63, 3.8) is 0 Å². The summed E-state index contributed by atoms with van der Waals surface area (Å²) < 4.78 is 5.50. The molecule has 0 spiro atoms. The van der Waals surface area contributed by atoms with E-state index in [2.05, 4.69) is 175 Å². The van der Waals surface area contributed by atoms with Crippen molar-refractivity contribution in [1.29, 1.82) is 0 Å². The molecule has 2 aromatic rings. The highest BCUT2D eigenvalue weighted by Gasteiger charge is 1.99. The summed E-state index contributed by atoms with van der Waals surface area (Å²) in [6, 6.07) is 17.2. The largest absolute Gasteiger partial charge is 0.115 e. The van der Waals surface area contributed by atoms with Crippen molar-refractivity contribution in [1.82, 2.24) is 0 Å². The minimum Gasteiger partial charge on any atom is -0.115 e. The van der Waals surface area contributed by atoms with E-state index < -0.39 is 0 Å². The summed E-state index contributed by atoms with van der Waals surface area (Å²) in [5, 5.41) is 0. The lowest BCUT2D eigenvalue weighted by atomic mass is 10.1. The van der Waals surface area contributed by atoms with Crippen LogP contribution in [0.3, 0.4) is 0 Å². The van der Waals surface area contributed by atoms with Crippen LogP contribution in [0.5, 0.6) is 0 Å². The summed E-state index contributed by atoms with van der Waals surface area (Å²) in [5.41, 5.74) is 3.71. The third-order valence-corrected chi connectivity index (χ3v) is 7.35. The molecule has 0 aromatic heterocycles. The van der Waals surface area contributed by atoms with E-state index in [9.17, 15) is 0 Å². The highest BCUT2D eigenvalue weighted by Crippen LogP contribution is 2.26. The minimum atomic E-state index is 0.532. The Bertz CT molecular complexity index is 1140. The van der Waals surface area contributed by atoms with Crippen molar-refractivity contribution in [3.05, 3.63) is 111 Å². The van der Waals surface area contributed by atoms with Crippen molar-refractivity contribution in [2.75, 3.05) is 0 Å². The van der Waals surface area contributed by atoms with Gasteiger partial charge in [-0.25, -0.2) is 0 Å². The van der Waals surface area contributed by atoms with E-state index in [1.54, 1.807) is 12.2 Å². The molecule has 0 amide bonds. The Morgan fingerprint density at radius 1 is 0.735 bits per heavy atom. The number of halogens is 4. The maximum atomic E-state index is 5.17. The molecular formula is C30H22I4. The van der Waals surface area contributed by atoms with Crippen molar-refractivity contribution >= 4 is 90.4 Å². The van der Waals surface area contributed by atoms with Crippen LogP contribution in [-0.2, 0) is 0 Å². The fourth-order valence-corrected chi connectivity index (χ4v) is 3.99. The summed E-state index contributed by atoms with van der Waals surface area (Å²) >= 11 is 9.40. The van der Waals surface area contributed by atoms with Crippen molar-refractivity contribution in [3.8, 4) is 48.2 Å². The van der Waals surface area contributed by atoms with E-state index in [1.165, 1.54) is 44.3 Å². The Kier molecular flexibility index (Phi) is 16.4. The van der Waals surface area contributed by atoms with E-state index in [0.29, 0.717) is 11.1 Å². The van der Waals surface area contributed by atoms with Gasteiger partial charge in [0.05, 0.1) is 0 Å². The second-order valence-electron chi connectivity index (χ2n) is 6.65. The second-order valence-corrected chi connectivity index (χ2v) is 11.9. The molecule has 0 heterocycles. The molecule has 0 N–H and O–H groups in total. The lowest BCUT2D eigenvalue weighted by Crippen LogP contribution is -1.80. The van der Waals surface area contributed by atoms with Gasteiger partial charge in [0.1, 0.15) is 0 Å². The molecule has 1 aliphatic rings. The van der Waals surface area contributed by atoms with Crippen LogP contribution < -0.4 is 0 Å². The normalized spacial score (nSPS) is 12.3. The molecule has 34 heavy (non-hydrogen) atoms. The molecule has 0 radical (unpaired) electrons. The van der Waals surface area contributed by atoms with Gasteiger partial charge in [-0.15, -0.1) is 19.3 Å². The van der Waals surface area contributed by atoms with E-state index in [-0.39, 0.29) is 0 Å². The Labute approximate surface area is 259 Å². The number of terminal acetylenes is 3. The summed E-state index contributed by atoms with van der Waals surface area (Å²) in [5.74, 6) is 7.10. The Balaban J connectivity index is 0.000000265. The SMILES string of the molecule is C#C/C=C/C(C#C)=C\C(=C)C#C.IC1=CC=C(I)CC1.Ic1ccc(-c2ccc(I)cc2)cc1. The average molecular weight is 890 g/mol. The molecule has 0 unspecified atom stereocenters. The number of hydrogen-bond donors (Lipinski definition) is 0. The van der Waals surface area contributed by atoms with Crippen LogP contribution in [0.1, 0.15) is 12.8 Å². The van der Waals surface area contributed by atoms with Gasteiger partial charge in [0.25, 0.3) is 0 Å². The summed E-state index contributed by atoms with van der Waals surface area (Å²) in [6.07, 6.45) is 26.9. The van der Waals surface area contributed by atoms with Crippen molar-refractivity contribution in [2.24, 2.45) is 0 Å². The highest BCUT2D eigenvalue weighted by molar-refractivity contribution is 14.1. The smallest absolute Gasteiger partial charge is 0.0261 e. The zero-order valence-corrected chi connectivity index (χ0v) is 27.0. The molecule has 1 aliphatic carbocycles. The first kappa shape index (κ1) is 30.8. The predicted octanol–water partition coefficient (Wildman–Crippen LogP) is 9.91. The number of rotatable bonds is 3. The zero-order valence-electron chi connectivity index (χ0n) is 18.4. The molecule has 0 atom stereocenters. The molecule has 170 valence electrons. The molecule has 3 rings (SSSR count). The lowest BCUT2D eigenvalue weighted by molar-refractivity contribution is 1.02. The standard InChI is InChI=1S/C12H8I2.C12H8.C6H6I2/c13-11-5-1-9(2-6-11)10-3-7-12(14)8-4-10;1-5-8-9-12(7-3)10-11(4)6-2;7-5-1-2-6(8)4-3-5/h1-8H;1-3,8-10H,4H2;1-2H,3-4H2/b;9-8+,12-10-;. The molecular weight excluding hydrogens is 868 g/mol. The maximum absolute atomic E-state index is 5.17. The molecule has 0 saturated heterocycles. The van der Waals surface area contributed by atoms with Crippen LogP contribution in [-0.4, -0.2) is 0 Å². The maximum Gasteiger partial charge on any atom is 0.0261 e. The first-order chi connectivity index (χ1) is 16.3. The number of hydrogen-bond acceptors (Lipinski definition) is 0. The molecule has 0 nitrogen and oxygen atoms in total. The van der Waals surface area contributed by atoms with Crippen LogP contribution >= 0.6 is 90.4 Å². The van der Waals surface area contributed by atoms with Crippen LogP contribution in [0.25, 0.3) is 11.1 Å². The molecule has 0 aliphatic heterocycles. The van der Waals surface area contributed by atoms with E-state index in [4.69, 9.17) is 19.3 Å². The molecule has 2 aromatic carbocycles. The minimum absolute atomic E-state index is 0.532. The number of benzene rings is 2.